The van der Waals surface area contributed by atoms with Gasteiger partial charge in [0.25, 0.3) is 5.91 Å². The van der Waals surface area contributed by atoms with Crippen LogP contribution in [0.25, 0.3) is 0 Å². The second-order valence-electron chi connectivity index (χ2n) is 3.72. The second-order valence-corrected chi connectivity index (χ2v) is 4.63. The van der Waals surface area contributed by atoms with Gasteiger partial charge in [-0.15, -0.1) is 0 Å². The number of carbonyl (C=O) groups is 1. The van der Waals surface area contributed by atoms with Crippen molar-refractivity contribution in [2.75, 3.05) is 5.32 Å². The fourth-order valence-corrected chi connectivity index (χ4v) is 1.85. The van der Waals surface area contributed by atoms with Crippen molar-refractivity contribution in [1.82, 2.24) is 4.98 Å². The molecule has 0 radical (unpaired) electrons. The van der Waals surface area contributed by atoms with Crippen molar-refractivity contribution in [3.8, 4) is 0 Å². The highest BCUT2D eigenvalue weighted by Crippen LogP contribution is 2.16. The predicted octanol–water partition coefficient (Wildman–Crippen LogP) is 3.40. The number of carbonyl (C=O) groups excluding carboxylic acids is 1. The molecule has 1 N–H and O–H groups in total. The summed E-state index contributed by atoms with van der Waals surface area (Å²) in [5.74, 6) is -0.153. The first-order valence-corrected chi connectivity index (χ1v) is 5.93. The number of hydrogen-bond acceptors (Lipinski definition) is 2. The Kier molecular flexibility index (Phi) is 3.54. The summed E-state index contributed by atoms with van der Waals surface area (Å²) in [5, 5.41) is 2.82. The summed E-state index contributed by atoms with van der Waals surface area (Å²) in [4.78, 5) is 15.9. The molecule has 0 aliphatic carbocycles. The van der Waals surface area contributed by atoms with Crippen molar-refractivity contribution in [3.63, 3.8) is 0 Å². The smallest absolute Gasteiger partial charge is 0.257 e. The van der Waals surface area contributed by atoms with Crippen LogP contribution in [0.4, 0.5) is 5.69 Å². The van der Waals surface area contributed by atoms with Crippen LogP contribution in [0.3, 0.4) is 0 Å². The summed E-state index contributed by atoms with van der Waals surface area (Å²) in [5.41, 5.74) is 2.28. The van der Waals surface area contributed by atoms with Crippen LogP contribution in [-0.4, -0.2) is 10.9 Å². The number of amides is 1. The van der Waals surface area contributed by atoms with Crippen molar-refractivity contribution < 1.29 is 4.79 Å². The van der Waals surface area contributed by atoms with E-state index in [1.165, 1.54) is 0 Å². The number of rotatable bonds is 2. The summed E-state index contributed by atoms with van der Waals surface area (Å²) >= 11 is 3.36. The zero-order valence-corrected chi connectivity index (χ0v) is 10.9. The van der Waals surface area contributed by atoms with E-state index in [4.69, 9.17) is 0 Å². The molecule has 0 aliphatic rings. The van der Waals surface area contributed by atoms with E-state index < -0.39 is 0 Å². The van der Waals surface area contributed by atoms with Crippen LogP contribution in [0.15, 0.2) is 47.2 Å². The maximum atomic E-state index is 11.9. The Morgan fingerprint density at radius 1 is 1.29 bits per heavy atom. The minimum Gasteiger partial charge on any atom is -0.322 e. The summed E-state index contributed by atoms with van der Waals surface area (Å²) in [6, 6.07) is 9.27. The van der Waals surface area contributed by atoms with Gasteiger partial charge in [0.2, 0.25) is 0 Å². The molecule has 0 spiro atoms. The SMILES string of the molecule is Cc1cncc(C(=O)Nc2cccc(Br)c2)c1. The summed E-state index contributed by atoms with van der Waals surface area (Å²) in [6.45, 7) is 1.91. The van der Waals surface area contributed by atoms with Crippen molar-refractivity contribution in [1.29, 1.82) is 0 Å². The zero-order valence-electron chi connectivity index (χ0n) is 9.27. The third-order valence-corrected chi connectivity index (χ3v) is 2.71. The molecule has 0 aliphatic heterocycles. The molecule has 0 bridgehead atoms. The molecule has 4 heteroatoms. The molecule has 0 unspecified atom stereocenters. The van der Waals surface area contributed by atoms with Gasteiger partial charge >= 0.3 is 0 Å². The Labute approximate surface area is 108 Å². The number of pyridine rings is 1. The van der Waals surface area contributed by atoms with E-state index in [2.05, 4.69) is 26.2 Å². The second kappa shape index (κ2) is 5.10. The molecule has 1 amide bonds. The molecule has 0 saturated heterocycles. The lowest BCUT2D eigenvalue weighted by Crippen LogP contribution is -2.12. The van der Waals surface area contributed by atoms with Crippen molar-refractivity contribution in [3.05, 3.63) is 58.3 Å². The van der Waals surface area contributed by atoms with E-state index in [0.717, 1.165) is 15.7 Å². The molecule has 0 saturated carbocycles. The normalized spacial score (nSPS) is 10.0. The highest BCUT2D eigenvalue weighted by atomic mass is 79.9. The average molecular weight is 291 g/mol. The minimum atomic E-state index is -0.153. The number of hydrogen-bond donors (Lipinski definition) is 1. The number of anilines is 1. The van der Waals surface area contributed by atoms with Gasteiger partial charge in [-0.25, -0.2) is 0 Å². The monoisotopic (exact) mass is 290 g/mol. The first kappa shape index (κ1) is 11.8. The molecular formula is C13H11BrN2O. The van der Waals surface area contributed by atoms with Gasteiger partial charge in [0, 0.05) is 22.6 Å². The van der Waals surface area contributed by atoms with Gasteiger partial charge in [0.05, 0.1) is 5.56 Å². The molecule has 17 heavy (non-hydrogen) atoms. The minimum absolute atomic E-state index is 0.153. The lowest BCUT2D eigenvalue weighted by atomic mass is 10.2. The van der Waals surface area contributed by atoms with Crippen LogP contribution in [0.5, 0.6) is 0 Å². The van der Waals surface area contributed by atoms with Crippen LogP contribution in [0, 0.1) is 6.92 Å². The molecule has 1 heterocycles. The molecular weight excluding hydrogens is 280 g/mol. The quantitative estimate of drug-likeness (QED) is 0.921. The highest BCUT2D eigenvalue weighted by Gasteiger charge is 2.06. The first-order valence-electron chi connectivity index (χ1n) is 5.14. The standard InChI is InChI=1S/C13H11BrN2O/c1-9-5-10(8-15-7-9)13(17)16-12-4-2-3-11(14)6-12/h2-8H,1H3,(H,16,17). The molecule has 1 aromatic carbocycles. The number of nitrogens with zero attached hydrogens (tertiary/aromatic N) is 1. The maximum absolute atomic E-state index is 11.9. The lowest BCUT2D eigenvalue weighted by Gasteiger charge is -2.05. The topological polar surface area (TPSA) is 42.0 Å². The lowest BCUT2D eigenvalue weighted by molar-refractivity contribution is 0.102. The van der Waals surface area contributed by atoms with Crippen molar-refractivity contribution >= 4 is 27.5 Å². The Morgan fingerprint density at radius 2 is 2.12 bits per heavy atom. The summed E-state index contributed by atoms with van der Waals surface area (Å²) in [7, 11) is 0. The average Bonchev–Trinajstić information content (AvgIpc) is 2.29. The molecule has 1 aromatic heterocycles. The van der Waals surface area contributed by atoms with E-state index in [1.54, 1.807) is 18.5 Å². The van der Waals surface area contributed by atoms with Crippen molar-refractivity contribution in [2.24, 2.45) is 0 Å². The third kappa shape index (κ3) is 3.14. The largest absolute Gasteiger partial charge is 0.322 e. The van der Waals surface area contributed by atoms with Gasteiger partial charge < -0.3 is 5.32 Å². The summed E-state index contributed by atoms with van der Waals surface area (Å²) < 4.78 is 0.928. The van der Waals surface area contributed by atoms with Gasteiger partial charge in [-0.2, -0.15) is 0 Å². The number of aromatic nitrogens is 1. The number of benzene rings is 1. The number of nitrogens with one attached hydrogen (secondary N) is 1. The fourth-order valence-electron chi connectivity index (χ4n) is 1.45. The van der Waals surface area contributed by atoms with Crippen LogP contribution >= 0.6 is 15.9 Å². The Balaban J connectivity index is 2.17. The molecule has 0 fully saturated rings. The van der Waals surface area contributed by atoms with Gasteiger partial charge in [-0.05, 0) is 36.8 Å². The van der Waals surface area contributed by atoms with E-state index in [9.17, 15) is 4.79 Å². The van der Waals surface area contributed by atoms with Crippen molar-refractivity contribution in [2.45, 2.75) is 6.92 Å². The van der Waals surface area contributed by atoms with Gasteiger partial charge in [-0.1, -0.05) is 22.0 Å². The van der Waals surface area contributed by atoms with E-state index >= 15 is 0 Å². The fraction of sp³-hybridized carbons (Fsp3) is 0.0769. The highest BCUT2D eigenvalue weighted by molar-refractivity contribution is 9.10. The molecule has 2 rings (SSSR count). The van der Waals surface area contributed by atoms with Gasteiger partial charge in [-0.3, -0.25) is 9.78 Å². The number of aryl methyl sites for hydroxylation is 1. The van der Waals surface area contributed by atoms with E-state index in [-0.39, 0.29) is 5.91 Å². The summed E-state index contributed by atoms with van der Waals surface area (Å²) in [6.07, 6.45) is 3.27. The Hall–Kier alpha value is -1.68. The van der Waals surface area contributed by atoms with E-state index in [0.29, 0.717) is 5.56 Å². The number of halogens is 1. The first-order chi connectivity index (χ1) is 8.15. The molecule has 3 nitrogen and oxygen atoms in total. The molecule has 86 valence electrons. The van der Waals surface area contributed by atoms with Crippen LogP contribution < -0.4 is 5.32 Å². The van der Waals surface area contributed by atoms with Gasteiger partial charge in [0.1, 0.15) is 0 Å². The third-order valence-electron chi connectivity index (χ3n) is 2.22. The zero-order chi connectivity index (χ0) is 12.3. The predicted molar refractivity (Wildman–Crippen MR) is 71.1 cm³/mol. The van der Waals surface area contributed by atoms with Crippen LogP contribution in [0.2, 0.25) is 0 Å². The maximum Gasteiger partial charge on any atom is 0.257 e. The Bertz CT molecular complexity index is 555. The van der Waals surface area contributed by atoms with Gasteiger partial charge in [0.15, 0.2) is 0 Å². The van der Waals surface area contributed by atoms with Crippen LogP contribution in [0.1, 0.15) is 15.9 Å². The van der Waals surface area contributed by atoms with Crippen LogP contribution in [-0.2, 0) is 0 Å². The van der Waals surface area contributed by atoms with E-state index in [1.807, 2.05) is 31.2 Å². The molecule has 2 aromatic rings. The molecule has 0 atom stereocenters. The Morgan fingerprint density at radius 3 is 2.82 bits per heavy atom.